The van der Waals surface area contributed by atoms with Crippen molar-refractivity contribution in [2.45, 2.75) is 19.4 Å². The van der Waals surface area contributed by atoms with Crippen molar-refractivity contribution in [3.05, 3.63) is 29.6 Å². The smallest absolute Gasteiger partial charge is 0.307 e. The van der Waals surface area contributed by atoms with E-state index in [0.29, 0.717) is 17.7 Å². The van der Waals surface area contributed by atoms with Gasteiger partial charge in [0.15, 0.2) is 9.84 Å². The van der Waals surface area contributed by atoms with Crippen LogP contribution >= 0.6 is 0 Å². The second-order valence-corrected chi connectivity index (χ2v) is 7.17. The third-order valence-corrected chi connectivity index (χ3v) is 5.02. The Morgan fingerprint density at radius 1 is 1.55 bits per heavy atom. The fraction of sp³-hybridized carbons (Fsp3) is 0.462. The van der Waals surface area contributed by atoms with E-state index in [1.165, 1.54) is 25.1 Å². The molecule has 5 nitrogen and oxygen atoms in total. The predicted octanol–water partition coefficient (Wildman–Crippen LogP) is 1.26. The van der Waals surface area contributed by atoms with Crippen LogP contribution < -0.4 is 4.74 Å². The molecule has 0 fully saturated rings. The Balaban J connectivity index is 2.01. The van der Waals surface area contributed by atoms with Gasteiger partial charge >= 0.3 is 5.97 Å². The maximum absolute atomic E-state index is 13.0. The normalized spacial score (nSPS) is 19.2. The topological polar surface area (TPSA) is 80.7 Å². The molecule has 0 aromatic heterocycles. The van der Waals surface area contributed by atoms with E-state index in [-0.39, 0.29) is 5.75 Å². The number of fused-ring (bicyclic) bond motifs is 1. The van der Waals surface area contributed by atoms with E-state index in [9.17, 15) is 17.6 Å². The van der Waals surface area contributed by atoms with E-state index >= 15 is 0 Å². The molecule has 0 saturated heterocycles. The van der Waals surface area contributed by atoms with E-state index in [2.05, 4.69) is 0 Å². The zero-order valence-electron chi connectivity index (χ0n) is 10.9. The van der Waals surface area contributed by atoms with E-state index in [1.54, 1.807) is 0 Å². The van der Waals surface area contributed by atoms with E-state index in [1.807, 2.05) is 0 Å². The monoisotopic (exact) mass is 302 g/mol. The van der Waals surface area contributed by atoms with Crippen LogP contribution in [0.25, 0.3) is 0 Å². The third-order valence-electron chi connectivity index (χ3n) is 3.13. The van der Waals surface area contributed by atoms with Gasteiger partial charge in [0, 0.05) is 12.0 Å². The second kappa shape index (κ2) is 5.40. The number of carboxylic acid groups (broad SMARTS) is 1. The Kier molecular flexibility index (Phi) is 3.99. The molecule has 2 rings (SSSR count). The van der Waals surface area contributed by atoms with Crippen molar-refractivity contribution in [3.8, 4) is 5.75 Å². The molecule has 0 spiro atoms. The van der Waals surface area contributed by atoms with Gasteiger partial charge in [0.1, 0.15) is 17.7 Å². The minimum atomic E-state index is -3.54. The molecular formula is C13H15FO5S. The molecular weight excluding hydrogens is 287 g/mol. The van der Waals surface area contributed by atoms with Gasteiger partial charge in [0.05, 0.1) is 17.4 Å². The number of hydrogen-bond acceptors (Lipinski definition) is 4. The lowest BCUT2D eigenvalue weighted by Crippen LogP contribution is -2.30. The number of hydrogen-bond donors (Lipinski definition) is 1. The Morgan fingerprint density at radius 3 is 2.90 bits per heavy atom. The summed E-state index contributed by atoms with van der Waals surface area (Å²) in [6.45, 7) is 1.35. The molecule has 0 bridgehead atoms. The van der Waals surface area contributed by atoms with E-state index in [0.717, 1.165) is 0 Å². The molecule has 1 aromatic rings. The fourth-order valence-electron chi connectivity index (χ4n) is 2.19. The summed E-state index contributed by atoms with van der Waals surface area (Å²) in [6.07, 6.45) is -0.272. The number of ether oxygens (including phenoxy) is 1. The molecule has 1 aromatic carbocycles. The lowest BCUT2D eigenvalue weighted by atomic mass is 10.1. The average molecular weight is 302 g/mol. The molecule has 0 amide bonds. The van der Waals surface area contributed by atoms with Crippen LogP contribution in [0.4, 0.5) is 4.39 Å². The van der Waals surface area contributed by atoms with Gasteiger partial charge < -0.3 is 9.84 Å². The molecule has 0 saturated carbocycles. The molecule has 0 radical (unpaired) electrons. The zero-order chi connectivity index (χ0) is 14.9. The highest BCUT2D eigenvalue weighted by Crippen LogP contribution is 2.30. The van der Waals surface area contributed by atoms with Gasteiger partial charge in [-0.05, 0) is 18.2 Å². The first-order chi connectivity index (χ1) is 9.27. The molecule has 20 heavy (non-hydrogen) atoms. The van der Waals surface area contributed by atoms with Crippen molar-refractivity contribution in [3.63, 3.8) is 0 Å². The average Bonchev–Trinajstić information content (AvgIpc) is 2.68. The van der Waals surface area contributed by atoms with Crippen molar-refractivity contribution < 1.29 is 27.4 Å². The molecule has 1 N–H and O–H groups in total. The largest absolute Gasteiger partial charge is 0.489 e. The van der Waals surface area contributed by atoms with Gasteiger partial charge in [-0.3, -0.25) is 4.79 Å². The van der Waals surface area contributed by atoms with Crippen molar-refractivity contribution in [2.75, 3.05) is 11.5 Å². The van der Waals surface area contributed by atoms with Gasteiger partial charge in [0.25, 0.3) is 0 Å². The third kappa shape index (κ3) is 3.47. The first-order valence-electron chi connectivity index (χ1n) is 6.15. The fourth-order valence-corrected chi connectivity index (χ4v) is 3.98. The van der Waals surface area contributed by atoms with Gasteiger partial charge in [-0.1, -0.05) is 6.92 Å². The maximum atomic E-state index is 13.0. The molecule has 1 aliphatic rings. The summed E-state index contributed by atoms with van der Waals surface area (Å²) in [5.74, 6) is -2.70. The first-order valence-corrected chi connectivity index (χ1v) is 7.97. The van der Waals surface area contributed by atoms with Crippen molar-refractivity contribution in [1.29, 1.82) is 0 Å². The van der Waals surface area contributed by atoms with Gasteiger partial charge in [-0.25, -0.2) is 12.8 Å². The van der Waals surface area contributed by atoms with E-state index in [4.69, 9.17) is 9.84 Å². The molecule has 2 unspecified atom stereocenters. The van der Waals surface area contributed by atoms with Crippen LogP contribution in [0.15, 0.2) is 18.2 Å². The summed E-state index contributed by atoms with van der Waals surface area (Å²) < 4.78 is 42.3. The molecule has 2 atom stereocenters. The van der Waals surface area contributed by atoms with E-state index < -0.39 is 39.4 Å². The molecule has 1 aliphatic heterocycles. The van der Waals surface area contributed by atoms with Crippen molar-refractivity contribution >= 4 is 15.8 Å². The van der Waals surface area contributed by atoms with Crippen molar-refractivity contribution in [1.82, 2.24) is 0 Å². The highest BCUT2D eigenvalue weighted by molar-refractivity contribution is 7.91. The van der Waals surface area contributed by atoms with Crippen LogP contribution in [0.3, 0.4) is 0 Å². The number of rotatable bonds is 5. The predicted molar refractivity (Wildman–Crippen MR) is 70.0 cm³/mol. The Hall–Kier alpha value is -1.63. The molecule has 1 heterocycles. The van der Waals surface area contributed by atoms with Crippen LogP contribution in [0.1, 0.15) is 12.5 Å². The number of carboxylic acids is 1. The summed E-state index contributed by atoms with van der Waals surface area (Å²) in [5, 5.41) is 8.74. The number of carbonyl (C=O) groups is 1. The lowest BCUT2D eigenvalue weighted by Gasteiger charge is -2.12. The van der Waals surface area contributed by atoms with Gasteiger partial charge in [0.2, 0.25) is 0 Å². The zero-order valence-corrected chi connectivity index (χ0v) is 11.7. The highest BCUT2D eigenvalue weighted by atomic mass is 32.2. The molecule has 110 valence electrons. The summed E-state index contributed by atoms with van der Waals surface area (Å²) >= 11 is 0. The van der Waals surface area contributed by atoms with Crippen LogP contribution in [0.5, 0.6) is 5.75 Å². The quantitative estimate of drug-likeness (QED) is 0.885. The number of halogens is 1. The summed E-state index contributed by atoms with van der Waals surface area (Å²) in [5.41, 5.74) is 0.636. The van der Waals surface area contributed by atoms with Crippen LogP contribution in [-0.4, -0.2) is 37.1 Å². The van der Waals surface area contributed by atoms with Gasteiger partial charge in [-0.2, -0.15) is 0 Å². The standard InChI is InChI=1S/C13H15FO5S/c1-8(13(15)16)6-20(17,18)7-11-5-9-4-10(14)2-3-12(9)19-11/h2-4,8,11H,5-7H2,1H3,(H,15,16). The Morgan fingerprint density at radius 2 is 2.25 bits per heavy atom. The first kappa shape index (κ1) is 14.8. The highest BCUT2D eigenvalue weighted by Gasteiger charge is 2.30. The summed E-state index contributed by atoms with van der Waals surface area (Å²) in [6, 6.07) is 4.04. The van der Waals surface area contributed by atoms with Crippen LogP contribution in [0.2, 0.25) is 0 Å². The molecule has 0 aliphatic carbocycles. The summed E-state index contributed by atoms with van der Waals surface area (Å²) in [4.78, 5) is 10.7. The van der Waals surface area contributed by atoms with Gasteiger partial charge in [-0.15, -0.1) is 0 Å². The maximum Gasteiger partial charge on any atom is 0.307 e. The minimum absolute atomic E-state index is 0.263. The van der Waals surface area contributed by atoms with Crippen LogP contribution in [-0.2, 0) is 21.1 Å². The Bertz CT molecular complexity index is 626. The molecule has 7 heteroatoms. The number of benzene rings is 1. The summed E-state index contributed by atoms with van der Waals surface area (Å²) in [7, 11) is -3.54. The minimum Gasteiger partial charge on any atom is -0.489 e. The number of aliphatic carboxylic acids is 1. The lowest BCUT2D eigenvalue weighted by molar-refractivity contribution is -0.140. The Labute approximate surface area is 116 Å². The number of sulfone groups is 1. The van der Waals surface area contributed by atoms with Crippen LogP contribution in [0, 0.1) is 11.7 Å². The van der Waals surface area contributed by atoms with Crippen molar-refractivity contribution in [2.24, 2.45) is 5.92 Å². The SMILES string of the molecule is CC(CS(=O)(=O)CC1Cc2cc(F)ccc2O1)C(=O)O. The second-order valence-electron chi connectivity index (χ2n) is 5.01.